The topological polar surface area (TPSA) is 64.1 Å². The fourth-order valence-corrected chi connectivity index (χ4v) is 1.62. The fraction of sp³-hybridized carbons (Fsp3) is 0.300. The third-order valence-electron chi connectivity index (χ3n) is 2.23. The van der Waals surface area contributed by atoms with Crippen LogP contribution in [0.1, 0.15) is 5.82 Å². The molecule has 0 aliphatic rings. The summed E-state index contributed by atoms with van der Waals surface area (Å²) in [6.45, 7) is 1.19. The Morgan fingerprint density at radius 2 is 2.14 bits per heavy atom. The number of para-hydroxylation sites is 2. The molecule has 14 heavy (non-hydrogen) atoms. The molecule has 0 unspecified atom stereocenters. The number of hydrogen-bond donors (Lipinski definition) is 2. The molecule has 0 radical (unpaired) electrons. The van der Waals surface area contributed by atoms with Crippen LogP contribution >= 0.6 is 0 Å². The van der Waals surface area contributed by atoms with Crippen molar-refractivity contribution in [1.29, 1.82) is 0 Å². The van der Waals surface area contributed by atoms with Crippen molar-refractivity contribution in [3.05, 3.63) is 30.1 Å². The molecule has 0 aliphatic carbocycles. The molecule has 74 valence electrons. The summed E-state index contributed by atoms with van der Waals surface area (Å²) in [4.78, 5) is 4.31. The lowest BCUT2D eigenvalue weighted by Crippen LogP contribution is -2.12. The number of nitrogens with two attached hydrogens (primary N) is 1. The smallest absolute Gasteiger partial charge is 0.135 e. The Labute approximate surface area is 82.0 Å². The van der Waals surface area contributed by atoms with Crippen molar-refractivity contribution in [3.8, 4) is 0 Å². The molecule has 2 aromatic rings. The van der Waals surface area contributed by atoms with Gasteiger partial charge in [-0.2, -0.15) is 0 Å². The van der Waals surface area contributed by atoms with Gasteiger partial charge in [-0.15, -0.1) is 0 Å². The molecule has 0 aliphatic heterocycles. The van der Waals surface area contributed by atoms with Gasteiger partial charge in [-0.1, -0.05) is 12.1 Å². The molecule has 0 atom stereocenters. The molecule has 0 saturated carbocycles. The monoisotopic (exact) mass is 191 g/mol. The Bertz CT molecular complexity index is 436. The van der Waals surface area contributed by atoms with Crippen molar-refractivity contribution in [2.45, 2.75) is 13.2 Å². The van der Waals surface area contributed by atoms with Crippen LogP contribution in [0.3, 0.4) is 0 Å². The van der Waals surface area contributed by atoms with Gasteiger partial charge >= 0.3 is 0 Å². The van der Waals surface area contributed by atoms with E-state index >= 15 is 0 Å². The van der Waals surface area contributed by atoms with Crippen LogP contribution in [0.5, 0.6) is 0 Å². The number of aromatic nitrogens is 2. The lowest BCUT2D eigenvalue weighted by molar-refractivity contribution is 0.266. The van der Waals surface area contributed by atoms with E-state index < -0.39 is 0 Å². The van der Waals surface area contributed by atoms with E-state index in [0.29, 0.717) is 18.9 Å². The Balaban J connectivity index is 2.61. The predicted molar refractivity (Wildman–Crippen MR) is 54.7 cm³/mol. The maximum atomic E-state index is 9.12. The molecular formula is C10H13N3O. The van der Waals surface area contributed by atoms with Gasteiger partial charge in [0.15, 0.2) is 0 Å². The van der Waals surface area contributed by atoms with Gasteiger partial charge in [0.05, 0.1) is 11.0 Å². The SMILES string of the molecule is NCCn1c(CO)nc2ccccc21. The van der Waals surface area contributed by atoms with Gasteiger partial charge in [0.1, 0.15) is 12.4 Å². The first-order valence-corrected chi connectivity index (χ1v) is 4.62. The van der Waals surface area contributed by atoms with Crippen LogP contribution in [0.4, 0.5) is 0 Å². The largest absolute Gasteiger partial charge is 0.388 e. The summed E-state index contributed by atoms with van der Waals surface area (Å²) in [5, 5.41) is 9.12. The first kappa shape index (κ1) is 9.18. The van der Waals surface area contributed by atoms with Crippen LogP contribution in [0, 0.1) is 0 Å². The van der Waals surface area contributed by atoms with Crippen LogP contribution in [0.2, 0.25) is 0 Å². The van der Waals surface area contributed by atoms with Crippen LogP contribution in [0.15, 0.2) is 24.3 Å². The van der Waals surface area contributed by atoms with Gasteiger partial charge in [-0.25, -0.2) is 4.98 Å². The minimum atomic E-state index is -0.0469. The highest BCUT2D eigenvalue weighted by Gasteiger charge is 2.07. The average Bonchev–Trinajstić information content (AvgIpc) is 2.58. The van der Waals surface area contributed by atoms with Gasteiger partial charge in [0.2, 0.25) is 0 Å². The molecule has 1 aromatic carbocycles. The Hall–Kier alpha value is -1.39. The summed E-state index contributed by atoms with van der Waals surface area (Å²) in [6, 6.07) is 7.81. The Morgan fingerprint density at radius 1 is 1.36 bits per heavy atom. The number of rotatable bonds is 3. The van der Waals surface area contributed by atoms with Crippen LogP contribution in [0.25, 0.3) is 11.0 Å². The van der Waals surface area contributed by atoms with Crippen molar-refractivity contribution in [1.82, 2.24) is 9.55 Å². The van der Waals surface area contributed by atoms with E-state index in [0.717, 1.165) is 11.0 Å². The highest BCUT2D eigenvalue weighted by molar-refractivity contribution is 5.75. The van der Waals surface area contributed by atoms with Gasteiger partial charge in [-0.05, 0) is 12.1 Å². The zero-order valence-corrected chi connectivity index (χ0v) is 7.85. The van der Waals surface area contributed by atoms with E-state index in [1.165, 1.54) is 0 Å². The quantitative estimate of drug-likeness (QED) is 0.742. The molecule has 0 bridgehead atoms. The van der Waals surface area contributed by atoms with Crippen LogP contribution in [-0.2, 0) is 13.2 Å². The lowest BCUT2D eigenvalue weighted by Gasteiger charge is -2.04. The van der Waals surface area contributed by atoms with Crippen molar-refractivity contribution in [2.24, 2.45) is 5.73 Å². The number of nitrogens with zero attached hydrogens (tertiary/aromatic N) is 2. The number of fused-ring (bicyclic) bond motifs is 1. The normalized spacial score (nSPS) is 11.0. The van der Waals surface area contributed by atoms with Gasteiger partial charge in [-0.3, -0.25) is 0 Å². The van der Waals surface area contributed by atoms with E-state index in [4.69, 9.17) is 10.8 Å². The first-order valence-electron chi connectivity index (χ1n) is 4.62. The standard InChI is InChI=1S/C10H13N3O/c11-5-6-13-9-4-2-1-3-8(9)12-10(13)7-14/h1-4,14H,5-7,11H2. The maximum Gasteiger partial charge on any atom is 0.135 e. The average molecular weight is 191 g/mol. The Morgan fingerprint density at radius 3 is 2.86 bits per heavy atom. The molecule has 4 nitrogen and oxygen atoms in total. The predicted octanol–water partition coefficient (Wildman–Crippen LogP) is 0.487. The number of hydrogen-bond acceptors (Lipinski definition) is 3. The second-order valence-corrected chi connectivity index (χ2v) is 3.12. The highest BCUT2D eigenvalue weighted by Crippen LogP contribution is 2.15. The van der Waals surface area contributed by atoms with Gasteiger partial charge in [0, 0.05) is 13.1 Å². The van der Waals surface area contributed by atoms with Gasteiger partial charge in [0.25, 0.3) is 0 Å². The van der Waals surface area contributed by atoms with Gasteiger partial charge < -0.3 is 15.4 Å². The summed E-state index contributed by atoms with van der Waals surface area (Å²) in [5.74, 6) is 0.677. The Kier molecular flexibility index (Phi) is 2.47. The van der Waals surface area contributed by atoms with Crippen LogP contribution < -0.4 is 5.73 Å². The molecule has 0 spiro atoms. The fourth-order valence-electron chi connectivity index (χ4n) is 1.62. The van der Waals surface area contributed by atoms with Crippen LogP contribution in [-0.4, -0.2) is 21.2 Å². The maximum absolute atomic E-state index is 9.12. The summed E-state index contributed by atoms with van der Waals surface area (Å²) in [5.41, 5.74) is 7.44. The molecule has 0 fully saturated rings. The minimum absolute atomic E-state index is 0.0469. The molecule has 2 rings (SSSR count). The molecule has 0 amide bonds. The van der Waals surface area contributed by atoms with E-state index in [2.05, 4.69) is 4.98 Å². The van der Waals surface area contributed by atoms with E-state index in [1.807, 2.05) is 28.8 Å². The van der Waals surface area contributed by atoms with E-state index in [1.54, 1.807) is 0 Å². The molecule has 1 aromatic heterocycles. The summed E-state index contributed by atoms with van der Waals surface area (Å²) in [6.07, 6.45) is 0. The van der Waals surface area contributed by atoms with Crippen molar-refractivity contribution < 1.29 is 5.11 Å². The first-order chi connectivity index (χ1) is 6.86. The minimum Gasteiger partial charge on any atom is -0.388 e. The molecule has 1 heterocycles. The zero-order chi connectivity index (χ0) is 9.97. The second-order valence-electron chi connectivity index (χ2n) is 3.12. The molecule has 0 saturated heterocycles. The third-order valence-corrected chi connectivity index (χ3v) is 2.23. The summed E-state index contributed by atoms with van der Waals surface area (Å²) in [7, 11) is 0. The number of benzene rings is 1. The number of aliphatic hydroxyl groups excluding tert-OH is 1. The van der Waals surface area contributed by atoms with Crippen molar-refractivity contribution >= 4 is 11.0 Å². The third kappa shape index (κ3) is 1.38. The second kappa shape index (κ2) is 3.77. The number of imidazole rings is 1. The molecule has 3 N–H and O–H groups in total. The summed E-state index contributed by atoms with van der Waals surface area (Å²) < 4.78 is 1.95. The number of aliphatic hydroxyl groups is 1. The molecule has 4 heteroatoms. The van der Waals surface area contributed by atoms with Crippen molar-refractivity contribution in [3.63, 3.8) is 0 Å². The zero-order valence-electron chi connectivity index (χ0n) is 7.85. The lowest BCUT2D eigenvalue weighted by atomic mass is 10.3. The van der Waals surface area contributed by atoms with E-state index in [9.17, 15) is 0 Å². The summed E-state index contributed by atoms with van der Waals surface area (Å²) >= 11 is 0. The van der Waals surface area contributed by atoms with Crippen molar-refractivity contribution in [2.75, 3.05) is 6.54 Å². The highest BCUT2D eigenvalue weighted by atomic mass is 16.3. The van der Waals surface area contributed by atoms with E-state index in [-0.39, 0.29) is 6.61 Å². The molecular weight excluding hydrogens is 178 g/mol.